The Labute approximate surface area is 234 Å². The summed E-state index contributed by atoms with van der Waals surface area (Å²) in [6.07, 6.45) is 8.73. The average Bonchev–Trinajstić information content (AvgIpc) is 3.37. The van der Waals surface area contributed by atoms with Crippen LogP contribution in [0, 0.1) is 0 Å². The van der Waals surface area contributed by atoms with E-state index in [1.807, 2.05) is 18.2 Å². The molecule has 216 valence electrons. The van der Waals surface area contributed by atoms with Gasteiger partial charge in [-0.3, -0.25) is 9.69 Å². The van der Waals surface area contributed by atoms with Gasteiger partial charge in [-0.25, -0.2) is 18.1 Å². The van der Waals surface area contributed by atoms with Crippen molar-refractivity contribution in [3.63, 3.8) is 0 Å². The maximum atomic E-state index is 12.5. The minimum Gasteiger partial charge on any atom is -0.493 e. The first-order valence-electron chi connectivity index (χ1n) is 13.8. The van der Waals surface area contributed by atoms with E-state index in [-0.39, 0.29) is 23.7 Å². The van der Waals surface area contributed by atoms with Crippen LogP contribution in [0.5, 0.6) is 5.75 Å². The summed E-state index contributed by atoms with van der Waals surface area (Å²) >= 11 is 0. The zero-order valence-electron chi connectivity index (χ0n) is 22.8. The van der Waals surface area contributed by atoms with Crippen molar-refractivity contribution in [1.29, 1.82) is 0 Å². The minimum atomic E-state index is -3.02. The van der Waals surface area contributed by atoms with Crippen molar-refractivity contribution < 1.29 is 22.7 Å². The number of nitrogens with one attached hydrogen (secondary N) is 2. The SMILES string of the molecule is CS(=O)(=O)CCCOc1cccc2c1cnn2-c1ccnc(N[C@H]2CC[C@H](NC(=O)CN3CCOCC3)CC2)n1. The normalized spacial score (nSPS) is 20.3. The molecule has 0 radical (unpaired) electrons. The van der Waals surface area contributed by atoms with Crippen molar-refractivity contribution in [3.8, 4) is 11.6 Å². The van der Waals surface area contributed by atoms with Crippen LogP contribution in [0.15, 0.2) is 36.7 Å². The summed E-state index contributed by atoms with van der Waals surface area (Å²) in [5.74, 6) is 1.99. The van der Waals surface area contributed by atoms with Crippen molar-refractivity contribution in [2.24, 2.45) is 0 Å². The summed E-state index contributed by atoms with van der Waals surface area (Å²) < 4.78 is 35.7. The number of hydrogen-bond donors (Lipinski definition) is 2. The predicted octanol–water partition coefficient (Wildman–Crippen LogP) is 1.80. The van der Waals surface area contributed by atoms with Gasteiger partial charge in [-0.2, -0.15) is 10.1 Å². The number of amides is 1. The van der Waals surface area contributed by atoms with Crippen LogP contribution in [0.25, 0.3) is 16.7 Å². The Morgan fingerprint density at radius 1 is 1.12 bits per heavy atom. The second-order valence-corrected chi connectivity index (χ2v) is 12.7. The molecule has 12 nitrogen and oxygen atoms in total. The highest BCUT2D eigenvalue weighted by Crippen LogP contribution is 2.27. The molecule has 2 fully saturated rings. The lowest BCUT2D eigenvalue weighted by molar-refractivity contribution is -0.124. The third kappa shape index (κ3) is 7.67. The van der Waals surface area contributed by atoms with E-state index in [9.17, 15) is 13.2 Å². The third-order valence-electron chi connectivity index (χ3n) is 7.24. The van der Waals surface area contributed by atoms with E-state index < -0.39 is 9.84 Å². The number of benzene rings is 1. The summed E-state index contributed by atoms with van der Waals surface area (Å²) in [6.45, 7) is 3.72. The number of rotatable bonds is 11. The molecular formula is C27H37N7O5S. The van der Waals surface area contributed by atoms with Crippen molar-refractivity contribution in [3.05, 3.63) is 36.7 Å². The van der Waals surface area contributed by atoms with E-state index >= 15 is 0 Å². The molecule has 1 saturated carbocycles. The standard InChI is InChI=1S/C27H37N7O5S/c1-40(36,37)17-3-14-39-24-5-2-4-23-22(24)18-29-34(23)25-10-11-28-27(32-25)31-21-8-6-20(7-9-21)30-26(35)19-33-12-15-38-16-13-33/h2,4-5,10-11,18,20-21H,3,6-9,12-17,19H2,1H3,(H,30,35)(H,28,31,32)/t20-,21-. The number of carbonyl (C=O) groups is 1. The van der Waals surface area contributed by atoms with E-state index in [2.05, 4.69) is 25.6 Å². The fourth-order valence-corrected chi connectivity index (χ4v) is 5.82. The molecule has 13 heteroatoms. The second kappa shape index (κ2) is 12.9. The predicted molar refractivity (Wildman–Crippen MR) is 152 cm³/mol. The van der Waals surface area contributed by atoms with Crippen LogP contribution < -0.4 is 15.4 Å². The van der Waals surface area contributed by atoms with Gasteiger partial charge in [0, 0.05) is 43.7 Å². The average molecular weight is 572 g/mol. The maximum Gasteiger partial charge on any atom is 0.234 e. The van der Waals surface area contributed by atoms with Gasteiger partial charge in [0.15, 0.2) is 5.82 Å². The molecule has 40 heavy (non-hydrogen) atoms. The molecule has 1 saturated heterocycles. The summed E-state index contributed by atoms with van der Waals surface area (Å²) in [5, 5.41) is 12.0. The van der Waals surface area contributed by atoms with Gasteiger partial charge in [-0.15, -0.1) is 0 Å². The first-order valence-corrected chi connectivity index (χ1v) is 15.9. The highest BCUT2D eigenvalue weighted by atomic mass is 32.2. The lowest BCUT2D eigenvalue weighted by Gasteiger charge is -2.31. The largest absolute Gasteiger partial charge is 0.493 e. The molecule has 2 aliphatic rings. The topological polar surface area (TPSA) is 141 Å². The first-order chi connectivity index (χ1) is 19.3. The van der Waals surface area contributed by atoms with E-state index in [0.717, 1.165) is 49.7 Å². The fourth-order valence-electron chi connectivity index (χ4n) is 5.17. The highest BCUT2D eigenvalue weighted by molar-refractivity contribution is 7.90. The molecule has 0 atom stereocenters. The van der Waals surface area contributed by atoms with Gasteiger partial charge in [-0.05, 0) is 44.2 Å². The Bertz CT molecular complexity index is 1400. The monoisotopic (exact) mass is 571 g/mol. The van der Waals surface area contributed by atoms with Crippen LogP contribution in [0.3, 0.4) is 0 Å². The Morgan fingerprint density at radius 3 is 2.67 bits per heavy atom. The Balaban J connectivity index is 1.15. The molecule has 1 aliphatic heterocycles. The van der Waals surface area contributed by atoms with Crippen molar-refractivity contribution in [2.45, 2.75) is 44.2 Å². The number of nitrogens with zero attached hydrogens (tertiary/aromatic N) is 5. The minimum absolute atomic E-state index is 0.0863. The third-order valence-corrected chi connectivity index (χ3v) is 8.28. The molecule has 0 unspecified atom stereocenters. The maximum absolute atomic E-state index is 12.5. The number of ether oxygens (including phenoxy) is 2. The molecule has 0 bridgehead atoms. The number of morpholine rings is 1. The van der Waals surface area contributed by atoms with Crippen LogP contribution in [-0.4, -0.2) is 103 Å². The number of anilines is 1. The van der Waals surface area contributed by atoms with Crippen molar-refractivity contribution in [2.75, 3.05) is 56.8 Å². The second-order valence-electron chi connectivity index (χ2n) is 10.5. The van der Waals surface area contributed by atoms with Crippen LogP contribution in [-0.2, 0) is 19.4 Å². The summed E-state index contributed by atoms with van der Waals surface area (Å²) in [7, 11) is -3.02. The lowest BCUT2D eigenvalue weighted by Crippen LogP contribution is -2.47. The van der Waals surface area contributed by atoms with E-state index in [0.29, 0.717) is 50.3 Å². The summed E-state index contributed by atoms with van der Waals surface area (Å²) in [4.78, 5) is 23.7. The van der Waals surface area contributed by atoms with E-state index in [1.165, 1.54) is 6.26 Å². The van der Waals surface area contributed by atoms with Gasteiger partial charge < -0.3 is 20.1 Å². The van der Waals surface area contributed by atoms with Crippen LogP contribution in [0.2, 0.25) is 0 Å². The molecule has 1 amide bonds. The molecule has 2 N–H and O–H groups in total. The molecule has 0 spiro atoms. The summed E-state index contributed by atoms with van der Waals surface area (Å²) in [5.41, 5.74) is 0.832. The van der Waals surface area contributed by atoms with Gasteiger partial charge in [-0.1, -0.05) is 6.07 Å². The molecule has 1 aromatic carbocycles. The van der Waals surface area contributed by atoms with Crippen molar-refractivity contribution >= 4 is 32.6 Å². The number of aromatic nitrogens is 4. The van der Waals surface area contributed by atoms with Gasteiger partial charge in [0.25, 0.3) is 0 Å². The smallest absolute Gasteiger partial charge is 0.234 e. The number of fused-ring (bicyclic) bond motifs is 1. The van der Waals surface area contributed by atoms with Crippen LogP contribution >= 0.6 is 0 Å². The zero-order chi connectivity index (χ0) is 28.0. The molecule has 3 heterocycles. The Morgan fingerprint density at radius 2 is 1.90 bits per heavy atom. The van der Waals surface area contributed by atoms with Gasteiger partial charge >= 0.3 is 0 Å². The van der Waals surface area contributed by atoms with Crippen LogP contribution in [0.4, 0.5) is 5.95 Å². The van der Waals surface area contributed by atoms with Crippen LogP contribution in [0.1, 0.15) is 32.1 Å². The molecule has 3 aromatic rings. The van der Waals surface area contributed by atoms with Gasteiger partial charge in [0.1, 0.15) is 15.6 Å². The first kappa shape index (κ1) is 28.2. The molecule has 1 aliphatic carbocycles. The zero-order valence-corrected chi connectivity index (χ0v) is 23.6. The Kier molecular flexibility index (Phi) is 9.12. The fraction of sp³-hybridized carbons (Fsp3) is 0.556. The molecular weight excluding hydrogens is 534 g/mol. The molecule has 5 rings (SSSR count). The number of sulfone groups is 1. The van der Waals surface area contributed by atoms with Gasteiger partial charge in [0.2, 0.25) is 11.9 Å². The summed E-state index contributed by atoms with van der Waals surface area (Å²) in [6, 6.07) is 7.89. The lowest BCUT2D eigenvalue weighted by atomic mass is 9.91. The van der Waals surface area contributed by atoms with E-state index in [1.54, 1.807) is 23.1 Å². The van der Waals surface area contributed by atoms with Gasteiger partial charge in [0.05, 0.1) is 49.2 Å². The van der Waals surface area contributed by atoms with Crippen molar-refractivity contribution in [1.82, 2.24) is 30.0 Å². The quantitative estimate of drug-likeness (QED) is 0.327. The highest BCUT2D eigenvalue weighted by Gasteiger charge is 2.24. The number of hydrogen-bond acceptors (Lipinski definition) is 10. The van der Waals surface area contributed by atoms with E-state index in [4.69, 9.17) is 14.5 Å². The molecule has 2 aromatic heterocycles. The number of carbonyl (C=O) groups excluding carboxylic acids is 1. The Hall–Kier alpha value is -3.29.